The summed E-state index contributed by atoms with van der Waals surface area (Å²) in [5.74, 6) is 0. The molecule has 66 valence electrons. The quantitative estimate of drug-likeness (QED) is 0.655. The Bertz CT molecular complexity index is 104. The molecule has 2 nitrogen and oxygen atoms in total. The average molecular weight is 156 g/mol. The van der Waals surface area contributed by atoms with Crippen molar-refractivity contribution in [3.05, 3.63) is 0 Å². The number of unbranched alkanes of at least 4 members (excludes halogenated alkanes) is 1. The summed E-state index contributed by atoms with van der Waals surface area (Å²) in [6.45, 7) is 6.11. The maximum Gasteiger partial charge on any atom is 0.0204 e. The van der Waals surface area contributed by atoms with E-state index in [1.807, 2.05) is 0 Å². The standard InChI is InChI=1S/C9H20N2/c1-3-4-6-11-7-5-9(8-11)10-2/h9-10H,3-8H2,1-2H3. The predicted octanol–water partition coefficient (Wildman–Crippen LogP) is 1.08. The van der Waals surface area contributed by atoms with E-state index in [0.717, 1.165) is 6.04 Å². The Balaban J connectivity index is 2.09. The molecule has 0 aliphatic carbocycles. The van der Waals surface area contributed by atoms with Crippen molar-refractivity contribution >= 4 is 0 Å². The van der Waals surface area contributed by atoms with E-state index in [2.05, 4.69) is 24.2 Å². The van der Waals surface area contributed by atoms with Gasteiger partial charge >= 0.3 is 0 Å². The van der Waals surface area contributed by atoms with Gasteiger partial charge in [-0.3, -0.25) is 0 Å². The van der Waals surface area contributed by atoms with E-state index < -0.39 is 0 Å². The molecule has 0 bridgehead atoms. The second-order valence-electron chi connectivity index (χ2n) is 3.43. The molecule has 1 N–H and O–H groups in total. The molecule has 0 radical (unpaired) electrons. The fourth-order valence-corrected chi connectivity index (χ4v) is 1.65. The van der Waals surface area contributed by atoms with E-state index in [-0.39, 0.29) is 0 Å². The zero-order chi connectivity index (χ0) is 8.10. The SMILES string of the molecule is CCCCN1CCC(NC)C1. The number of likely N-dealkylation sites (N-methyl/N-ethyl adjacent to an activating group) is 1. The molecule has 0 spiro atoms. The number of hydrogen-bond donors (Lipinski definition) is 1. The fraction of sp³-hybridized carbons (Fsp3) is 1.00. The summed E-state index contributed by atoms with van der Waals surface area (Å²) < 4.78 is 0. The van der Waals surface area contributed by atoms with Crippen LogP contribution in [0.25, 0.3) is 0 Å². The summed E-state index contributed by atoms with van der Waals surface area (Å²) in [7, 11) is 2.06. The fourth-order valence-electron chi connectivity index (χ4n) is 1.65. The maximum absolute atomic E-state index is 3.33. The largest absolute Gasteiger partial charge is 0.316 e. The highest BCUT2D eigenvalue weighted by Crippen LogP contribution is 2.08. The monoisotopic (exact) mass is 156 g/mol. The molecule has 1 heterocycles. The van der Waals surface area contributed by atoms with E-state index in [1.165, 1.54) is 38.9 Å². The molecule has 1 aliphatic rings. The number of likely N-dealkylation sites (tertiary alicyclic amines) is 1. The Morgan fingerprint density at radius 1 is 1.55 bits per heavy atom. The van der Waals surface area contributed by atoms with Crippen molar-refractivity contribution in [2.24, 2.45) is 0 Å². The van der Waals surface area contributed by atoms with E-state index in [1.54, 1.807) is 0 Å². The van der Waals surface area contributed by atoms with Gasteiger partial charge in [-0.1, -0.05) is 13.3 Å². The molecule has 1 rings (SSSR count). The Hall–Kier alpha value is -0.0800. The summed E-state index contributed by atoms with van der Waals surface area (Å²) >= 11 is 0. The highest BCUT2D eigenvalue weighted by atomic mass is 15.2. The highest BCUT2D eigenvalue weighted by Gasteiger charge is 2.19. The zero-order valence-corrected chi connectivity index (χ0v) is 7.77. The van der Waals surface area contributed by atoms with Gasteiger partial charge in [-0.15, -0.1) is 0 Å². The second-order valence-corrected chi connectivity index (χ2v) is 3.43. The van der Waals surface area contributed by atoms with Crippen LogP contribution >= 0.6 is 0 Å². The molecular formula is C9H20N2. The van der Waals surface area contributed by atoms with E-state index in [9.17, 15) is 0 Å². The third kappa shape index (κ3) is 2.80. The maximum atomic E-state index is 3.33. The van der Waals surface area contributed by atoms with Crippen molar-refractivity contribution < 1.29 is 0 Å². The summed E-state index contributed by atoms with van der Waals surface area (Å²) in [6.07, 6.45) is 4.01. The summed E-state index contributed by atoms with van der Waals surface area (Å²) in [5.41, 5.74) is 0. The summed E-state index contributed by atoms with van der Waals surface area (Å²) in [6, 6.07) is 0.756. The lowest BCUT2D eigenvalue weighted by atomic mass is 10.3. The van der Waals surface area contributed by atoms with Gasteiger partial charge in [-0.2, -0.15) is 0 Å². The van der Waals surface area contributed by atoms with Crippen LogP contribution in [0.1, 0.15) is 26.2 Å². The number of nitrogens with one attached hydrogen (secondary N) is 1. The second kappa shape index (κ2) is 4.73. The van der Waals surface area contributed by atoms with Crippen LogP contribution in [-0.4, -0.2) is 37.6 Å². The van der Waals surface area contributed by atoms with Gasteiger partial charge in [-0.25, -0.2) is 0 Å². The molecular weight excluding hydrogens is 136 g/mol. The van der Waals surface area contributed by atoms with Crippen molar-refractivity contribution in [2.45, 2.75) is 32.2 Å². The predicted molar refractivity (Wildman–Crippen MR) is 48.8 cm³/mol. The molecule has 0 aromatic carbocycles. The van der Waals surface area contributed by atoms with Crippen LogP contribution < -0.4 is 5.32 Å². The number of rotatable bonds is 4. The summed E-state index contributed by atoms with van der Waals surface area (Å²) in [5, 5.41) is 3.33. The van der Waals surface area contributed by atoms with Crippen molar-refractivity contribution in [1.29, 1.82) is 0 Å². The lowest BCUT2D eigenvalue weighted by molar-refractivity contribution is 0.324. The molecule has 1 saturated heterocycles. The summed E-state index contributed by atoms with van der Waals surface area (Å²) in [4.78, 5) is 2.56. The first-order chi connectivity index (χ1) is 5.36. The van der Waals surface area contributed by atoms with Gasteiger partial charge in [0.05, 0.1) is 0 Å². The lowest BCUT2D eigenvalue weighted by Crippen LogP contribution is -2.30. The average Bonchev–Trinajstić information content (AvgIpc) is 2.48. The minimum Gasteiger partial charge on any atom is -0.316 e. The van der Waals surface area contributed by atoms with E-state index >= 15 is 0 Å². The third-order valence-electron chi connectivity index (χ3n) is 2.51. The van der Waals surface area contributed by atoms with Crippen LogP contribution in [0.5, 0.6) is 0 Å². The smallest absolute Gasteiger partial charge is 0.0204 e. The molecule has 0 aromatic heterocycles. The molecule has 1 aliphatic heterocycles. The molecule has 0 saturated carbocycles. The first-order valence-electron chi connectivity index (χ1n) is 4.76. The molecule has 1 unspecified atom stereocenters. The zero-order valence-electron chi connectivity index (χ0n) is 7.77. The highest BCUT2D eigenvalue weighted by molar-refractivity contribution is 4.79. The first-order valence-corrected chi connectivity index (χ1v) is 4.76. The Kier molecular flexibility index (Phi) is 3.87. The normalized spacial score (nSPS) is 26.2. The molecule has 0 aromatic rings. The van der Waals surface area contributed by atoms with Crippen LogP contribution in [0.4, 0.5) is 0 Å². The van der Waals surface area contributed by atoms with Crippen LogP contribution in [0.2, 0.25) is 0 Å². The topological polar surface area (TPSA) is 15.3 Å². The van der Waals surface area contributed by atoms with Gasteiger partial charge in [0.15, 0.2) is 0 Å². The number of hydrogen-bond acceptors (Lipinski definition) is 2. The van der Waals surface area contributed by atoms with Crippen LogP contribution in [0.15, 0.2) is 0 Å². The van der Waals surface area contributed by atoms with E-state index in [4.69, 9.17) is 0 Å². The van der Waals surface area contributed by atoms with Crippen molar-refractivity contribution in [2.75, 3.05) is 26.7 Å². The van der Waals surface area contributed by atoms with Crippen molar-refractivity contribution in [1.82, 2.24) is 10.2 Å². The Morgan fingerprint density at radius 3 is 2.91 bits per heavy atom. The minimum absolute atomic E-state index is 0.756. The molecule has 2 heteroatoms. The van der Waals surface area contributed by atoms with Gasteiger partial charge in [-0.05, 0) is 33.0 Å². The Labute approximate surface area is 70.0 Å². The Morgan fingerprint density at radius 2 is 2.36 bits per heavy atom. The van der Waals surface area contributed by atoms with Crippen LogP contribution in [0, 0.1) is 0 Å². The van der Waals surface area contributed by atoms with E-state index in [0.29, 0.717) is 0 Å². The molecule has 1 fully saturated rings. The number of nitrogens with zero attached hydrogens (tertiary/aromatic N) is 1. The van der Waals surface area contributed by atoms with Gasteiger partial charge < -0.3 is 10.2 Å². The third-order valence-corrected chi connectivity index (χ3v) is 2.51. The van der Waals surface area contributed by atoms with Gasteiger partial charge in [0, 0.05) is 12.6 Å². The van der Waals surface area contributed by atoms with Gasteiger partial charge in [0.1, 0.15) is 0 Å². The molecule has 0 amide bonds. The molecule has 11 heavy (non-hydrogen) atoms. The van der Waals surface area contributed by atoms with Crippen LogP contribution in [-0.2, 0) is 0 Å². The lowest BCUT2D eigenvalue weighted by Gasteiger charge is -2.14. The first kappa shape index (κ1) is 9.01. The molecule has 1 atom stereocenters. The van der Waals surface area contributed by atoms with Gasteiger partial charge in [0.25, 0.3) is 0 Å². The van der Waals surface area contributed by atoms with Crippen LogP contribution in [0.3, 0.4) is 0 Å². The van der Waals surface area contributed by atoms with Crippen molar-refractivity contribution in [3.8, 4) is 0 Å². The van der Waals surface area contributed by atoms with Crippen molar-refractivity contribution in [3.63, 3.8) is 0 Å². The van der Waals surface area contributed by atoms with Gasteiger partial charge in [0.2, 0.25) is 0 Å². The minimum atomic E-state index is 0.756.